The van der Waals surface area contributed by atoms with Crippen molar-refractivity contribution in [2.75, 3.05) is 11.6 Å². The predicted molar refractivity (Wildman–Crippen MR) is 114 cm³/mol. The standard InChI is InChI=1S/C23H24ClNO3/c1-4-5-6-16-10-21(26)28-22-18(16)11-20(24)23-19(22)12-25(13-27-23)17-8-7-14(2)15(3)9-17/h7-11H,4-6,12-13H2,1-3H3. The monoisotopic (exact) mass is 397 g/mol. The lowest BCUT2D eigenvalue weighted by Crippen LogP contribution is -2.32. The maximum absolute atomic E-state index is 12.2. The molecular weight excluding hydrogens is 374 g/mol. The van der Waals surface area contributed by atoms with Crippen LogP contribution in [-0.2, 0) is 13.0 Å². The number of rotatable bonds is 4. The normalized spacial score (nSPS) is 13.5. The summed E-state index contributed by atoms with van der Waals surface area (Å²) >= 11 is 6.54. The number of halogens is 1. The second-order valence-electron chi connectivity index (χ2n) is 7.48. The van der Waals surface area contributed by atoms with E-state index in [-0.39, 0.29) is 5.63 Å². The van der Waals surface area contributed by atoms with Gasteiger partial charge in [-0.3, -0.25) is 0 Å². The maximum Gasteiger partial charge on any atom is 0.336 e. The molecule has 0 amide bonds. The second kappa shape index (κ2) is 7.51. The van der Waals surface area contributed by atoms with Gasteiger partial charge in [0.05, 0.1) is 17.1 Å². The van der Waals surface area contributed by atoms with Crippen LogP contribution in [0.25, 0.3) is 11.0 Å². The number of ether oxygens (including phenoxy) is 1. The first-order valence-corrected chi connectivity index (χ1v) is 10.1. The number of hydrogen-bond donors (Lipinski definition) is 0. The quantitative estimate of drug-likeness (QED) is 0.525. The lowest BCUT2D eigenvalue weighted by atomic mass is 10.0. The molecule has 0 unspecified atom stereocenters. The van der Waals surface area contributed by atoms with Crippen LogP contribution in [0.4, 0.5) is 5.69 Å². The Morgan fingerprint density at radius 2 is 1.96 bits per heavy atom. The van der Waals surface area contributed by atoms with Crippen molar-refractivity contribution < 1.29 is 9.15 Å². The van der Waals surface area contributed by atoms with E-state index in [1.54, 1.807) is 6.07 Å². The number of aryl methyl sites for hydroxylation is 3. The van der Waals surface area contributed by atoms with Gasteiger partial charge in [-0.25, -0.2) is 4.79 Å². The molecule has 2 aromatic carbocycles. The minimum absolute atomic E-state index is 0.327. The third-order valence-corrected chi connectivity index (χ3v) is 5.77. The first kappa shape index (κ1) is 18.9. The molecule has 1 aromatic heterocycles. The fourth-order valence-corrected chi connectivity index (χ4v) is 3.99. The van der Waals surface area contributed by atoms with Crippen LogP contribution in [0.3, 0.4) is 0 Å². The molecular formula is C23H24ClNO3. The highest BCUT2D eigenvalue weighted by molar-refractivity contribution is 6.33. The van der Waals surface area contributed by atoms with Gasteiger partial charge < -0.3 is 14.1 Å². The van der Waals surface area contributed by atoms with Crippen molar-refractivity contribution in [3.05, 3.63) is 68.0 Å². The number of unbranched alkanes of at least 4 members (excludes halogenated alkanes) is 1. The van der Waals surface area contributed by atoms with Crippen LogP contribution in [0.15, 0.2) is 39.5 Å². The minimum Gasteiger partial charge on any atom is -0.471 e. The molecule has 4 rings (SSSR count). The second-order valence-corrected chi connectivity index (χ2v) is 7.88. The fraction of sp³-hybridized carbons (Fsp3) is 0.348. The van der Waals surface area contributed by atoms with E-state index in [2.05, 4.69) is 43.9 Å². The molecule has 1 aliphatic heterocycles. The first-order chi connectivity index (χ1) is 13.5. The Morgan fingerprint density at radius 1 is 1.14 bits per heavy atom. The molecule has 5 heteroatoms. The number of benzene rings is 2. The average Bonchev–Trinajstić information content (AvgIpc) is 2.69. The number of fused-ring (bicyclic) bond motifs is 3. The molecule has 0 radical (unpaired) electrons. The van der Waals surface area contributed by atoms with Crippen LogP contribution in [0.2, 0.25) is 5.02 Å². The summed E-state index contributed by atoms with van der Waals surface area (Å²) in [6.07, 6.45) is 2.90. The predicted octanol–water partition coefficient (Wildman–Crippen LogP) is 5.76. The Hall–Kier alpha value is -2.46. The summed E-state index contributed by atoms with van der Waals surface area (Å²) in [6, 6.07) is 9.81. The smallest absolute Gasteiger partial charge is 0.336 e. The van der Waals surface area contributed by atoms with Gasteiger partial charge in [-0.1, -0.05) is 31.0 Å². The van der Waals surface area contributed by atoms with E-state index < -0.39 is 0 Å². The molecule has 2 heterocycles. The van der Waals surface area contributed by atoms with Gasteiger partial charge >= 0.3 is 5.63 Å². The Morgan fingerprint density at radius 3 is 2.71 bits per heavy atom. The van der Waals surface area contributed by atoms with E-state index in [1.807, 2.05) is 6.07 Å². The molecule has 0 atom stereocenters. The van der Waals surface area contributed by atoms with Gasteiger partial charge in [-0.2, -0.15) is 0 Å². The molecule has 4 nitrogen and oxygen atoms in total. The molecule has 0 aliphatic carbocycles. The molecule has 0 spiro atoms. The van der Waals surface area contributed by atoms with Gasteiger partial charge in [0.2, 0.25) is 0 Å². The highest BCUT2D eigenvalue weighted by Gasteiger charge is 2.25. The minimum atomic E-state index is -0.327. The topological polar surface area (TPSA) is 42.7 Å². The summed E-state index contributed by atoms with van der Waals surface area (Å²) in [5.74, 6) is 0.616. The van der Waals surface area contributed by atoms with E-state index in [4.69, 9.17) is 20.8 Å². The summed E-state index contributed by atoms with van der Waals surface area (Å²) in [4.78, 5) is 14.3. The highest BCUT2D eigenvalue weighted by Crippen LogP contribution is 2.40. The summed E-state index contributed by atoms with van der Waals surface area (Å²) in [5.41, 5.74) is 5.64. The lowest BCUT2D eigenvalue weighted by Gasteiger charge is -2.32. The van der Waals surface area contributed by atoms with Gasteiger partial charge in [0.15, 0.2) is 6.73 Å². The largest absolute Gasteiger partial charge is 0.471 e. The van der Waals surface area contributed by atoms with Crippen molar-refractivity contribution in [3.63, 3.8) is 0 Å². The SMILES string of the molecule is CCCCc1cc(=O)oc2c3c(c(Cl)cc12)OCN(c1ccc(C)c(C)c1)C3. The molecule has 28 heavy (non-hydrogen) atoms. The Balaban J connectivity index is 1.83. The number of anilines is 1. The molecule has 0 bridgehead atoms. The van der Waals surface area contributed by atoms with Crippen LogP contribution in [0.1, 0.15) is 42.0 Å². The summed E-state index contributed by atoms with van der Waals surface area (Å²) in [7, 11) is 0. The zero-order valence-corrected chi connectivity index (χ0v) is 17.2. The van der Waals surface area contributed by atoms with Crippen molar-refractivity contribution in [2.24, 2.45) is 0 Å². The van der Waals surface area contributed by atoms with Crippen LogP contribution in [-0.4, -0.2) is 6.73 Å². The third-order valence-electron chi connectivity index (χ3n) is 5.49. The van der Waals surface area contributed by atoms with Crippen molar-refractivity contribution in [1.82, 2.24) is 0 Å². The molecule has 3 aromatic rings. The molecule has 0 saturated carbocycles. The zero-order valence-electron chi connectivity index (χ0n) is 16.5. The lowest BCUT2D eigenvalue weighted by molar-refractivity contribution is 0.289. The van der Waals surface area contributed by atoms with Gasteiger partial charge in [-0.05, 0) is 61.6 Å². The van der Waals surface area contributed by atoms with Crippen LogP contribution in [0, 0.1) is 13.8 Å². The Bertz CT molecular complexity index is 1100. The van der Waals surface area contributed by atoms with E-state index in [1.165, 1.54) is 11.1 Å². The molecule has 0 saturated heterocycles. The Kier molecular flexibility index (Phi) is 5.07. The van der Waals surface area contributed by atoms with Crippen LogP contribution >= 0.6 is 11.6 Å². The summed E-state index contributed by atoms with van der Waals surface area (Å²) in [6.45, 7) is 7.32. The maximum atomic E-state index is 12.2. The van der Waals surface area contributed by atoms with E-state index in [9.17, 15) is 4.79 Å². The fourth-order valence-electron chi connectivity index (χ4n) is 3.71. The average molecular weight is 398 g/mol. The van der Waals surface area contributed by atoms with Crippen molar-refractivity contribution in [1.29, 1.82) is 0 Å². The van der Waals surface area contributed by atoms with Crippen molar-refractivity contribution in [2.45, 2.75) is 46.6 Å². The Labute approximate surface area is 169 Å². The zero-order chi connectivity index (χ0) is 19.8. The van der Waals surface area contributed by atoms with Gasteiger partial charge in [0.25, 0.3) is 0 Å². The van der Waals surface area contributed by atoms with E-state index in [0.717, 1.165) is 41.5 Å². The number of hydrogen-bond acceptors (Lipinski definition) is 4. The van der Waals surface area contributed by atoms with Gasteiger partial charge in [-0.15, -0.1) is 0 Å². The summed E-state index contributed by atoms with van der Waals surface area (Å²) in [5, 5.41) is 1.47. The molecule has 146 valence electrons. The number of nitrogens with zero attached hydrogens (tertiary/aromatic N) is 1. The summed E-state index contributed by atoms with van der Waals surface area (Å²) < 4.78 is 11.6. The third kappa shape index (κ3) is 3.37. The van der Waals surface area contributed by atoms with Crippen LogP contribution < -0.4 is 15.3 Å². The van der Waals surface area contributed by atoms with Gasteiger partial charge in [0, 0.05) is 17.1 Å². The van der Waals surface area contributed by atoms with Crippen molar-refractivity contribution in [3.8, 4) is 5.75 Å². The molecule has 1 aliphatic rings. The molecule has 0 fully saturated rings. The highest BCUT2D eigenvalue weighted by atomic mass is 35.5. The van der Waals surface area contributed by atoms with Crippen LogP contribution in [0.5, 0.6) is 5.75 Å². The van der Waals surface area contributed by atoms with Gasteiger partial charge in [0.1, 0.15) is 11.3 Å². The van der Waals surface area contributed by atoms with E-state index in [0.29, 0.717) is 29.6 Å². The first-order valence-electron chi connectivity index (χ1n) is 9.71. The van der Waals surface area contributed by atoms with Crippen molar-refractivity contribution >= 4 is 28.3 Å². The molecule has 0 N–H and O–H groups in total. The van der Waals surface area contributed by atoms with E-state index >= 15 is 0 Å².